The van der Waals surface area contributed by atoms with E-state index in [0.717, 1.165) is 22.3 Å². The van der Waals surface area contributed by atoms with Crippen molar-refractivity contribution in [3.8, 4) is 5.69 Å². The summed E-state index contributed by atoms with van der Waals surface area (Å²) in [5.74, 6) is 0.599. The Kier molecular flexibility index (Phi) is 4.07. The van der Waals surface area contributed by atoms with Crippen LogP contribution >= 0.6 is 15.9 Å². The second-order valence-electron chi connectivity index (χ2n) is 5.11. The number of nitrogens with zero attached hydrogens (tertiary/aromatic N) is 2. The van der Waals surface area contributed by atoms with Gasteiger partial charge in [-0.05, 0) is 31.5 Å². The molecule has 3 rings (SSSR count). The third kappa shape index (κ3) is 3.16. The monoisotopic (exact) mass is 349 g/mol. The van der Waals surface area contributed by atoms with Crippen LogP contribution in [0.15, 0.2) is 34.8 Å². The average Bonchev–Trinajstić information content (AvgIpc) is 3.08. The largest absolute Gasteiger partial charge is 0.381 e. The quantitative estimate of drug-likeness (QED) is 0.926. The molecule has 1 unspecified atom stereocenters. The number of aromatic nitrogens is 2. The summed E-state index contributed by atoms with van der Waals surface area (Å²) in [6.07, 6.45) is 0.774. The van der Waals surface area contributed by atoms with Crippen LogP contribution in [0.1, 0.15) is 12.1 Å². The number of carbonyl (C=O) groups is 1. The molecule has 1 saturated heterocycles. The van der Waals surface area contributed by atoms with Gasteiger partial charge in [-0.1, -0.05) is 22.0 Å². The molecular formula is C15H16BrN3O2. The van der Waals surface area contributed by atoms with Crippen LogP contribution in [-0.4, -0.2) is 28.9 Å². The number of aryl methyl sites for hydroxylation is 1. The summed E-state index contributed by atoms with van der Waals surface area (Å²) in [5, 5.41) is 7.41. The number of ether oxygens (including phenoxy) is 1. The Morgan fingerprint density at radius 2 is 2.33 bits per heavy atom. The summed E-state index contributed by atoms with van der Waals surface area (Å²) in [7, 11) is 0. The number of hydrogen-bond acceptors (Lipinski definition) is 3. The van der Waals surface area contributed by atoms with Crippen molar-refractivity contribution in [1.82, 2.24) is 9.78 Å². The number of anilines is 1. The fourth-order valence-corrected chi connectivity index (χ4v) is 2.75. The Labute approximate surface area is 131 Å². The number of hydrogen-bond donors (Lipinski definition) is 1. The molecular weight excluding hydrogens is 334 g/mol. The molecule has 5 nitrogen and oxygen atoms in total. The number of nitrogens with one attached hydrogen (secondary N) is 1. The van der Waals surface area contributed by atoms with Gasteiger partial charge in [-0.3, -0.25) is 4.79 Å². The first kappa shape index (κ1) is 14.3. The van der Waals surface area contributed by atoms with E-state index in [9.17, 15) is 4.79 Å². The molecule has 1 fully saturated rings. The molecule has 1 atom stereocenters. The lowest BCUT2D eigenvalue weighted by Gasteiger charge is -2.11. The fraction of sp³-hybridized carbons (Fsp3) is 0.333. The lowest BCUT2D eigenvalue weighted by molar-refractivity contribution is -0.119. The van der Waals surface area contributed by atoms with E-state index in [2.05, 4.69) is 26.3 Å². The number of rotatable bonds is 3. The average molecular weight is 350 g/mol. The standard InChI is InChI=1S/C15H16BrN3O2/c1-10-7-14(17-15(20)11-5-6-21-9-11)19(18-10)13-4-2-3-12(16)8-13/h2-4,7-8,11H,5-6,9H2,1H3,(H,17,20). The van der Waals surface area contributed by atoms with Crippen molar-refractivity contribution in [2.45, 2.75) is 13.3 Å². The van der Waals surface area contributed by atoms with Gasteiger partial charge in [0.05, 0.1) is 23.9 Å². The molecule has 0 saturated carbocycles. The summed E-state index contributed by atoms with van der Waals surface area (Å²) in [6.45, 7) is 3.06. The highest BCUT2D eigenvalue weighted by Gasteiger charge is 2.24. The van der Waals surface area contributed by atoms with Crippen molar-refractivity contribution in [3.63, 3.8) is 0 Å². The molecule has 6 heteroatoms. The predicted octanol–water partition coefficient (Wildman–Crippen LogP) is 2.92. The number of carbonyl (C=O) groups excluding carboxylic acids is 1. The molecule has 0 spiro atoms. The molecule has 1 aromatic heterocycles. The van der Waals surface area contributed by atoms with Crippen LogP contribution in [0.2, 0.25) is 0 Å². The van der Waals surface area contributed by atoms with Gasteiger partial charge in [-0.25, -0.2) is 4.68 Å². The third-order valence-corrected chi connectivity index (χ3v) is 3.93. The maximum absolute atomic E-state index is 12.2. The van der Waals surface area contributed by atoms with Gasteiger partial charge in [0, 0.05) is 17.1 Å². The van der Waals surface area contributed by atoms with Crippen LogP contribution in [0.5, 0.6) is 0 Å². The summed E-state index contributed by atoms with van der Waals surface area (Å²) >= 11 is 3.45. The highest BCUT2D eigenvalue weighted by atomic mass is 79.9. The minimum atomic E-state index is -0.0730. The maximum atomic E-state index is 12.2. The molecule has 21 heavy (non-hydrogen) atoms. The van der Waals surface area contributed by atoms with Crippen molar-refractivity contribution in [2.75, 3.05) is 18.5 Å². The van der Waals surface area contributed by atoms with Gasteiger partial charge in [0.15, 0.2) is 0 Å². The van der Waals surface area contributed by atoms with Gasteiger partial charge >= 0.3 is 0 Å². The predicted molar refractivity (Wildman–Crippen MR) is 83.6 cm³/mol. The van der Waals surface area contributed by atoms with Gasteiger partial charge in [0.1, 0.15) is 5.82 Å². The second-order valence-corrected chi connectivity index (χ2v) is 6.03. The topological polar surface area (TPSA) is 56.1 Å². The van der Waals surface area contributed by atoms with Crippen LogP contribution in [0, 0.1) is 12.8 Å². The van der Waals surface area contributed by atoms with Gasteiger partial charge < -0.3 is 10.1 Å². The SMILES string of the molecule is Cc1cc(NC(=O)C2CCOC2)n(-c2cccc(Br)c2)n1. The van der Waals surface area contributed by atoms with Gasteiger partial charge in [0.2, 0.25) is 5.91 Å². The molecule has 1 aliphatic heterocycles. The zero-order valence-electron chi connectivity index (χ0n) is 11.7. The Morgan fingerprint density at radius 3 is 3.05 bits per heavy atom. The van der Waals surface area contributed by atoms with Crippen LogP contribution in [0.25, 0.3) is 5.69 Å². The van der Waals surface area contributed by atoms with E-state index in [1.807, 2.05) is 37.3 Å². The molecule has 1 aromatic carbocycles. The molecule has 1 aliphatic rings. The molecule has 110 valence electrons. The van der Waals surface area contributed by atoms with E-state index in [4.69, 9.17) is 4.74 Å². The van der Waals surface area contributed by atoms with E-state index >= 15 is 0 Å². The minimum absolute atomic E-state index is 0.0105. The summed E-state index contributed by atoms with van der Waals surface area (Å²) in [5.41, 5.74) is 1.75. The normalized spacial score (nSPS) is 17.9. The van der Waals surface area contributed by atoms with E-state index < -0.39 is 0 Å². The van der Waals surface area contributed by atoms with Crippen molar-refractivity contribution < 1.29 is 9.53 Å². The highest BCUT2D eigenvalue weighted by Crippen LogP contribution is 2.22. The molecule has 2 aromatic rings. The Balaban J connectivity index is 1.87. The van der Waals surface area contributed by atoms with Crippen molar-refractivity contribution in [2.24, 2.45) is 5.92 Å². The number of halogens is 1. The smallest absolute Gasteiger partial charge is 0.231 e. The lowest BCUT2D eigenvalue weighted by Crippen LogP contribution is -2.24. The van der Waals surface area contributed by atoms with Crippen LogP contribution < -0.4 is 5.32 Å². The Bertz CT molecular complexity index is 663. The first-order valence-electron chi connectivity index (χ1n) is 6.85. The van der Waals surface area contributed by atoms with Gasteiger partial charge in [-0.15, -0.1) is 0 Å². The van der Waals surface area contributed by atoms with E-state index in [-0.39, 0.29) is 11.8 Å². The van der Waals surface area contributed by atoms with E-state index in [1.165, 1.54) is 0 Å². The second kappa shape index (κ2) is 5.99. The summed E-state index contributed by atoms with van der Waals surface area (Å²) in [4.78, 5) is 12.2. The first-order valence-corrected chi connectivity index (χ1v) is 7.64. The fourth-order valence-electron chi connectivity index (χ4n) is 2.36. The summed E-state index contributed by atoms with van der Waals surface area (Å²) < 4.78 is 7.97. The van der Waals surface area contributed by atoms with Crippen molar-refractivity contribution in [1.29, 1.82) is 0 Å². The maximum Gasteiger partial charge on any atom is 0.231 e. The van der Waals surface area contributed by atoms with Crippen LogP contribution in [0.4, 0.5) is 5.82 Å². The first-order chi connectivity index (χ1) is 10.1. The van der Waals surface area contributed by atoms with Crippen LogP contribution in [0.3, 0.4) is 0 Å². The Morgan fingerprint density at radius 1 is 1.48 bits per heavy atom. The zero-order chi connectivity index (χ0) is 14.8. The lowest BCUT2D eigenvalue weighted by atomic mass is 10.1. The molecule has 2 heterocycles. The third-order valence-electron chi connectivity index (χ3n) is 3.44. The molecule has 0 radical (unpaired) electrons. The Hall–Kier alpha value is -1.66. The van der Waals surface area contributed by atoms with Crippen LogP contribution in [-0.2, 0) is 9.53 Å². The van der Waals surface area contributed by atoms with Gasteiger partial charge in [0.25, 0.3) is 0 Å². The van der Waals surface area contributed by atoms with Crippen molar-refractivity contribution in [3.05, 3.63) is 40.5 Å². The minimum Gasteiger partial charge on any atom is -0.381 e. The van der Waals surface area contributed by atoms with E-state index in [1.54, 1.807) is 4.68 Å². The zero-order valence-corrected chi connectivity index (χ0v) is 13.3. The number of benzene rings is 1. The molecule has 1 N–H and O–H groups in total. The van der Waals surface area contributed by atoms with E-state index in [0.29, 0.717) is 19.0 Å². The molecule has 0 aliphatic carbocycles. The summed E-state index contributed by atoms with van der Waals surface area (Å²) in [6, 6.07) is 9.67. The highest BCUT2D eigenvalue weighted by molar-refractivity contribution is 9.10. The van der Waals surface area contributed by atoms with Crippen molar-refractivity contribution >= 4 is 27.7 Å². The molecule has 1 amide bonds. The molecule has 0 bridgehead atoms. The number of amides is 1. The van der Waals surface area contributed by atoms with Gasteiger partial charge in [-0.2, -0.15) is 5.10 Å².